The molecule has 0 aliphatic carbocycles. The topological polar surface area (TPSA) is 42.0 Å². The van der Waals surface area contributed by atoms with Gasteiger partial charge in [-0.05, 0) is 31.2 Å². The fourth-order valence-corrected chi connectivity index (χ4v) is 1.50. The van der Waals surface area contributed by atoms with E-state index in [9.17, 15) is 4.79 Å². The number of alkyl halides is 1. The first-order valence-electron chi connectivity index (χ1n) is 4.97. The summed E-state index contributed by atoms with van der Waals surface area (Å²) in [4.78, 5) is 15.7. The SMILES string of the molecule is C[C@@H](Cl)C(=O)Nc1cccc2ncccc12. The summed E-state index contributed by atoms with van der Waals surface area (Å²) in [6.07, 6.45) is 1.72. The zero-order chi connectivity index (χ0) is 11.5. The third-order valence-electron chi connectivity index (χ3n) is 2.26. The molecule has 0 aliphatic rings. The van der Waals surface area contributed by atoms with Crippen molar-refractivity contribution >= 4 is 34.1 Å². The highest BCUT2D eigenvalue weighted by molar-refractivity contribution is 6.32. The molecule has 0 bridgehead atoms. The summed E-state index contributed by atoms with van der Waals surface area (Å²) in [5.74, 6) is -0.210. The Balaban J connectivity index is 2.41. The number of fused-ring (bicyclic) bond motifs is 1. The molecular weight excluding hydrogens is 224 g/mol. The Morgan fingerprint density at radius 2 is 2.19 bits per heavy atom. The van der Waals surface area contributed by atoms with E-state index in [0.29, 0.717) is 0 Å². The van der Waals surface area contributed by atoms with Gasteiger partial charge in [-0.25, -0.2) is 0 Å². The van der Waals surface area contributed by atoms with Crippen molar-refractivity contribution in [3.8, 4) is 0 Å². The number of nitrogens with zero attached hydrogens (tertiary/aromatic N) is 1. The smallest absolute Gasteiger partial charge is 0.242 e. The second-order valence-electron chi connectivity index (χ2n) is 3.48. The first-order valence-corrected chi connectivity index (χ1v) is 5.41. The van der Waals surface area contributed by atoms with Crippen molar-refractivity contribution in [2.75, 3.05) is 5.32 Å². The number of amides is 1. The van der Waals surface area contributed by atoms with Gasteiger partial charge in [-0.2, -0.15) is 0 Å². The molecule has 2 aromatic rings. The minimum atomic E-state index is -0.549. The summed E-state index contributed by atoms with van der Waals surface area (Å²) in [5.41, 5.74) is 1.59. The molecule has 1 atom stereocenters. The Morgan fingerprint density at radius 1 is 1.38 bits per heavy atom. The van der Waals surface area contributed by atoms with Gasteiger partial charge in [0, 0.05) is 11.6 Å². The maximum atomic E-state index is 11.5. The zero-order valence-corrected chi connectivity index (χ0v) is 9.53. The van der Waals surface area contributed by atoms with Crippen molar-refractivity contribution in [1.82, 2.24) is 4.98 Å². The molecule has 1 aromatic carbocycles. The second kappa shape index (κ2) is 4.49. The van der Waals surface area contributed by atoms with Crippen molar-refractivity contribution in [2.24, 2.45) is 0 Å². The van der Waals surface area contributed by atoms with Crippen LogP contribution in [-0.2, 0) is 4.79 Å². The Kier molecular flexibility index (Phi) is 3.06. The third-order valence-corrected chi connectivity index (χ3v) is 2.46. The number of benzene rings is 1. The van der Waals surface area contributed by atoms with E-state index in [-0.39, 0.29) is 5.91 Å². The van der Waals surface area contributed by atoms with E-state index >= 15 is 0 Å². The van der Waals surface area contributed by atoms with E-state index in [4.69, 9.17) is 11.6 Å². The number of hydrogen-bond acceptors (Lipinski definition) is 2. The summed E-state index contributed by atoms with van der Waals surface area (Å²) >= 11 is 5.70. The van der Waals surface area contributed by atoms with Crippen LogP contribution in [0.3, 0.4) is 0 Å². The summed E-state index contributed by atoms with van der Waals surface area (Å²) in [7, 11) is 0. The molecule has 0 fully saturated rings. The highest BCUT2D eigenvalue weighted by Gasteiger charge is 2.10. The third kappa shape index (κ3) is 2.14. The fraction of sp³-hybridized carbons (Fsp3) is 0.167. The van der Waals surface area contributed by atoms with Gasteiger partial charge >= 0.3 is 0 Å². The molecule has 0 unspecified atom stereocenters. The summed E-state index contributed by atoms with van der Waals surface area (Å²) in [6.45, 7) is 1.64. The van der Waals surface area contributed by atoms with E-state index in [1.807, 2.05) is 30.3 Å². The molecule has 0 saturated heterocycles. The molecule has 82 valence electrons. The lowest BCUT2D eigenvalue weighted by molar-refractivity contribution is -0.115. The second-order valence-corrected chi connectivity index (χ2v) is 4.14. The Bertz CT molecular complexity index is 520. The van der Waals surface area contributed by atoms with Gasteiger partial charge in [0.15, 0.2) is 0 Å². The van der Waals surface area contributed by atoms with Crippen molar-refractivity contribution < 1.29 is 4.79 Å². The van der Waals surface area contributed by atoms with E-state index < -0.39 is 5.38 Å². The van der Waals surface area contributed by atoms with E-state index in [1.165, 1.54) is 0 Å². The lowest BCUT2D eigenvalue weighted by Crippen LogP contribution is -2.20. The van der Waals surface area contributed by atoms with Gasteiger partial charge in [0.2, 0.25) is 5.91 Å². The Labute approximate surface area is 98.4 Å². The Morgan fingerprint density at radius 3 is 2.94 bits per heavy atom. The van der Waals surface area contributed by atoms with Crippen LogP contribution in [0.25, 0.3) is 10.9 Å². The average molecular weight is 235 g/mol. The number of hydrogen-bond donors (Lipinski definition) is 1. The first-order chi connectivity index (χ1) is 7.68. The molecule has 0 radical (unpaired) electrons. The van der Waals surface area contributed by atoms with Gasteiger partial charge < -0.3 is 5.32 Å². The molecule has 1 amide bonds. The molecule has 1 aromatic heterocycles. The molecular formula is C12H11ClN2O. The van der Waals surface area contributed by atoms with E-state index in [2.05, 4.69) is 10.3 Å². The van der Waals surface area contributed by atoms with Crippen molar-refractivity contribution in [3.05, 3.63) is 36.5 Å². The van der Waals surface area contributed by atoms with Crippen LogP contribution in [0.15, 0.2) is 36.5 Å². The number of pyridine rings is 1. The number of carbonyl (C=O) groups excluding carboxylic acids is 1. The molecule has 1 N–H and O–H groups in total. The molecule has 0 saturated carbocycles. The number of nitrogens with one attached hydrogen (secondary N) is 1. The predicted molar refractivity (Wildman–Crippen MR) is 65.7 cm³/mol. The van der Waals surface area contributed by atoms with Crippen molar-refractivity contribution in [3.63, 3.8) is 0 Å². The van der Waals surface area contributed by atoms with Gasteiger partial charge in [0.05, 0.1) is 11.2 Å². The minimum Gasteiger partial charge on any atom is -0.324 e. The number of carbonyl (C=O) groups is 1. The van der Waals surface area contributed by atoms with Gasteiger partial charge in [0.1, 0.15) is 5.38 Å². The van der Waals surface area contributed by atoms with Crippen LogP contribution < -0.4 is 5.32 Å². The van der Waals surface area contributed by atoms with Crippen LogP contribution in [-0.4, -0.2) is 16.3 Å². The molecule has 1 heterocycles. The maximum absolute atomic E-state index is 11.5. The lowest BCUT2D eigenvalue weighted by Gasteiger charge is -2.08. The molecule has 0 aliphatic heterocycles. The molecule has 0 spiro atoms. The summed E-state index contributed by atoms with van der Waals surface area (Å²) in [6, 6.07) is 9.33. The molecule has 4 heteroatoms. The van der Waals surface area contributed by atoms with Crippen LogP contribution in [0, 0.1) is 0 Å². The molecule has 2 rings (SSSR count). The van der Waals surface area contributed by atoms with Crippen LogP contribution in [0.1, 0.15) is 6.92 Å². The fourth-order valence-electron chi connectivity index (χ4n) is 1.44. The number of rotatable bonds is 2. The first kappa shape index (κ1) is 10.9. The van der Waals surface area contributed by atoms with E-state index in [0.717, 1.165) is 16.6 Å². The van der Waals surface area contributed by atoms with Gasteiger partial charge in [-0.1, -0.05) is 6.07 Å². The minimum absolute atomic E-state index is 0.210. The molecule has 3 nitrogen and oxygen atoms in total. The number of halogens is 1. The van der Waals surface area contributed by atoms with Gasteiger partial charge in [0.25, 0.3) is 0 Å². The molecule has 16 heavy (non-hydrogen) atoms. The van der Waals surface area contributed by atoms with Crippen LogP contribution >= 0.6 is 11.6 Å². The zero-order valence-electron chi connectivity index (χ0n) is 8.77. The normalized spacial score (nSPS) is 12.4. The van der Waals surface area contributed by atoms with Crippen molar-refractivity contribution in [2.45, 2.75) is 12.3 Å². The number of anilines is 1. The Hall–Kier alpha value is -1.61. The van der Waals surface area contributed by atoms with E-state index in [1.54, 1.807) is 13.1 Å². The lowest BCUT2D eigenvalue weighted by atomic mass is 10.2. The van der Waals surface area contributed by atoms with Crippen molar-refractivity contribution in [1.29, 1.82) is 0 Å². The number of aromatic nitrogens is 1. The van der Waals surface area contributed by atoms with Gasteiger partial charge in [-0.15, -0.1) is 11.6 Å². The monoisotopic (exact) mass is 234 g/mol. The largest absolute Gasteiger partial charge is 0.324 e. The highest BCUT2D eigenvalue weighted by atomic mass is 35.5. The highest BCUT2D eigenvalue weighted by Crippen LogP contribution is 2.21. The van der Waals surface area contributed by atoms with Gasteiger partial charge in [-0.3, -0.25) is 9.78 Å². The average Bonchev–Trinajstić information content (AvgIpc) is 2.29. The summed E-state index contributed by atoms with van der Waals surface area (Å²) in [5, 5.41) is 3.14. The maximum Gasteiger partial charge on any atom is 0.242 e. The standard InChI is InChI=1S/C12H11ClN2O/c1-8(13)12(16)15-11-6-2-5-10-9(11)4-3-7-14-10/h2-8H,1H3,(H,15,16)/t8-/m1/s1. The quantitative estimate of drug-likeness (QED) is 0.812. The van der Waals surface area contributed by atoms with Crippen LogP contribution in [0.4, 0.5) is 5.69 Å². The van der Waals surface area contributed by atoms with Crippen LogP contribution in [0.5, 0.6) is 0 Å². The summed E-state index contributed by atoms with van der Waals surface area (Å²) < 4.78 is 0. The van der Waals surface area contributed by atoms with Crippen LogP contribution in [0.2, 0.25) is 0 Å². The predicted octanol–water partition coefficient (Wildman–Crippen LogP) is 2.80.